The van der Waals surface area contributed by atoms with Gasteiger partial charge in [0.25, 0.3) is 6.33 Å². The molecule has 13 aromatic rings. The van der Waals surface area contributed by atoms with Crippen molar-refractivity contribution in [1.82, 2.24) is 18.7 Å². The first-order valence-electron chi connectivity index (χ1n) is 23.6. The highest BCUT2D eigenvalue weighted by Gasteiger charge is 2.36. The van der Waals surface area contributed by atoms with Crippen LogP contribution in [-0.2, 0) is 5.41 Å². The van der Waals surface area contributed by atoms with Crippen LogP contribution in [0.1, 0.15) is 25.0 Å². The summed E-state index contributed by atoms with van der Waals surface area (Å²) in [5.74, 6) is 2.28. The van der Waals surface area contributed by atoms with Crippen molar-refractivity contribution in [2.24, 2.45) is 0 Å². The molecule has 4 aromatic heterocycles. The molecular formula is C63H41N5O. The van der Waals surface area contributed by atoms with Crippen molar-refractivity contribution in [3.63, 3.8) is 0 Å². The minimum absolute atomic E-state index is 0.329. The molecule has 0 fully saturated rings. The van der Waals surface area contributed by atoms with E-state index in [2.05, 4.69) is 251 Å². The second-order valence-electron chi connectivity index (χ2n) is 18.9. The van der Waals surface area contributed by atoms with E-state index in [1.807, 2.05) is 0 Å². The van der Waals surface area contributed by atoms with E-state index < -0.39 is 0 Å². The molecule has 0 aliphatic carbocycles. The first kappa shape index (κ1) is 38.1. The highest BCUT2D eigenvalue weighted by molar-refractivity contribution is 6.13. The fourth-order valence-electron chi connectivity index (χ4n) is 11.7. The van der Waals surface area contributed by atoms with Crippen molar-refractivity contribution < 1.29 is 9.30 Å². The van der Waals surface area contributed by atoms with Crippen LogP contribution in [0.3, 0.4) is 0 Å². The molecule has 8 bridgehead atoms. The first-order chi connectivity index (χ1) is 34.0. The van der Waals surface area contributed by atoms with Crippen molar-refractivity contribution in [2.45, 2.75) is 19.3 Å². The number of benzene rings is 9. The van der Waals surface area contributed by atoms with Gasteiger partial charge in [0, 0.05) is 38.6 Å². The van der Waals surface area contributed by atoms with Gasteiger partial charge in [-0.1, -0.05) is 172 Å². The summed E-state index contributed by atoms with van der Waals surface area (Å²) in [5.41, 5.74) is 18.0. The maximum absolute atomic E-state index is 7.42. The molecule has 324 valence electrons. The lowest BCUT2D eigenvalue weighted by atomic mass is 9.75. The van der Waals surface area contributed by atoms with Gasteiger partial charge in [-0.05, 0) is 81.9 Å². The quantitative estimate of drug-likeness (QED) is 0.128. The number of aromatic nitrogens is 5. The molecule has 0 saturated heterocycles. The van der Waals surface area contributed by atoms with Crippen molar-refractivity contribution in [3.8, 4) is 67.9 Å². The predicted molar refractivity (Wildman–Crippen MR) is 279 cm³/mol. The highest BCUT2D eigenvalue weighted by atomic mass is 16.5. The number of pyridine rings is 1. The Morgan fingerprint density at radius 1 is 0.478 bits per heavy atom. The smallest absolute Gasteiger partial charge is 0.269 e. The second kappa shape index (κ2) is 14.0. The van der Waals surface area contributed by atoms with Crippen LogP contribution in [-0.4, -0.2) is 18.7 Å². The van der Waals surface area contributed by atoms with Crippen molar-refractivity contribution in [2.75, 3.05) is 0 Å². The van der Waals surface area contributed by atoms with Gasteiger partial charge in [0.1, 0.15) is 11.6 Å². The van der Waals surface area contributed by atoms with Crippen molar-refractivity contribution in [1.29, 1.82) is 0 Å². The molecule has 6 heteroatoms. The van der Waals surface area contributed by atoms with E-state index in [4.69, 9.17) is 9.72 Å². The van der Waals surface area contributed by atoms with Crippen LogP contribution < -0.4 is 9.30 Å². The molecule has 0 saturated carbocycles. The lowest BCUT2D eigenvalue weighted by Gasteiger charge is -2.34. The van der Waals surface area contributed by atoms with E-state index in [9.17, 15) is 0 Å². The molecule has 15 rings (SSSR count). The molecule has 0 atom stereocenters. The zero-order valence-electron chi connectivity index (χ0n) is 37.9. The van der Waals surface area contributed by atoms with Gasteiger partial charge in [-0.3, -0.25) is 13.7 Å². The number of fused-ring (bicyclic) bond motifs is 18. The monoisotopic (exact) mass is 883 g/mol. The topological polar surface area (TPSA) is 40.8 Å². The van der Waals surface area contributed by atoms with E-state index in [0.29, 0.717) is 0 Å². The van der Waals surface area contributed by atoms with E-state index in [1.165, 1.54) is 21.9 Å². The SMILES string of the molecule is CC1(C)c2ccc3cc2-n2[c-][n+](c4cccc1c42)-c1c(-c2ccccc2)cccc1-c1ccccc1-c1cccc(n1)-n1c2ccccc2c2cc(-n4c5ccccc5c5ccccc54)c(cc21)O3. The Morgan fingerprint density at radius 3 is 1.90 bits per heavy atom. The first-order valence-corrected chi connectivity index (χ1v) is 23.6. The number of hydrogen-bond donors (Lipinski definition) is 0. The maximum atomic E-state index is 7.42. The summed E-state index contributed by atoms with van der Waals surface area (Å²) >= 11 is 0. The van der Waals surface area contributed by atoms with Crippen molar-refractivity contribution in [3.05, 3.63) is 230 Å². The maximum Gasteiger partial charge on any atom is 0.269 e. The fraction of sp³-hybridized carbons (Fsp3) is 0.0476. The third-order valence-corrected chi connectivity index (χ3v) is 14.8. The second-order valence-corrected chi connectivity index (χ2v) is 18.9. The predicted octanol–water partition coefficient (Wildman–Crippen LogP) is 15.0. The molecule has 0 spiro atoms. The Morgan fingerprint density at radius 2 is 1.12 bits per heavy atom. The number of nitrogens with zero attached hydrogens (tertiary/aromatic N) is 5. The Labute approximate surface area is 397 Å². The zero-order valence-corrected chi connectivity index (χ0v) is 37.9. The van der Waals surface area contributed by atoms with E-state index >= 15 is 0 Å². The van der Waals surface area contributed by atoms with Gasteiger partial charge in [0.2, 0.25) is 0 Å². The lowest BCUT2D eigenvalue weighted by molar-refractivity contribution is -0.571. The third kappa shape index (κ3) is 5.31. The summed E-state index contributed by atoms with van der Waals surface area (Å²) in [7, 11) is 0. The van der Waals surface area contributed by atoms with Crippen LogP contribution in [0.4, 0.5) is 0 Å². The molecule has 2 aliphatic heterocycles. The van der Waals surface area contributed by atoms with Crippen molar-refractivity contribution >= 4 is 54.6 Å². The Kier molecular flexibility index (Phi) is 7.75. The van der Waals surface area contributed by atoms with Gasteiger partial charge in [0.15, 0.2) is 5.75 Å². The molecule has 9 aromatic carbocycles. The van der Waals surface area contributed by atoms with Gasteiger partial charge in [-0.2, -0.15) is 0 Å². The summed E-state index contributed by atoms with van der Waals surface area (Å²) in [6, 6.07) is 76.4. The van der Waals surface area contributed by atoms with Crippen LogP contribution in [0.15, 0.2) is 212 Å². The molecule has 0 N–H and O–H groups in total. The molecule has 0 amide bonds. The number of hydrogen-bond acceptors (Lipinski definition) is 2. The highest BCUT2D eigenvalue weighted by Crippen LogP contribution is 2.48. The zero-order chi connectivity index (χ0) is 45.5. The normalized spacial score (nSPS) is 13.3. The molecule has 6 heterocycles. The number of para-hydroxylation sites is 5. The largest absolute Gasteiger partial charge is 0.456 e. The summed E-state index contributed by atoms with van der Waals surface area (Å²) in [5, 5.41) is 4.63. The van der Waals surface area contributed by atoms with Crippen LogP contribution in [0.25, 0.3) is 111 Å². The molecule has 2 aliphatic rings. The van der Waals surface area contributed by atoms with Crippen LogP contribution in [0, 0.1) is 6.33 Å². The molecule has 69 heavy (non-hydrogen) atoms. The number of rotatable bonds is 2. The average molecular weight is 884 g/mol. The van der Waals surface area contributed by atoms with Gasteiger partial charge in [-0.15, -0.1) is 0 Å². The minimum Gasteiger partial charge on any atom is -0.456 e. The Balaban J connectivity index is 1.10. The standard InChI is InChI=1S/C63H41N5O/c1-63(2)49-34-33-40-35-57(49)66-38-65(55-31-15-26-50(63)62(55)66)61-41(39-17-4-3-5-18-39)24-14-25-47(61)42-19-6-7-20-43(42)51-27-16-32-60(64-51)68-54-30-13-10-23-46(54)48-36-58(59(69-40)37-56(48)68)67-52-28-11-8-21-44(52)45-22-9-12-29-53(45)67/h3-37H,1-2H3. The van der Waals surface area contributed by atoms with Gasteiger partial charge >= 0.3 is 0 Å². The number of ether oxygens (including phenoxy) is 1. The molecule has 0 unspecified atom stereocenters. The van der Waals surface area contributed by atoms with E-state index in [-0.39, 0.29) is 5.41 Å². The summed E-state index contributed by atoms with van der Waals surface area (Å²) in [6.07, 6.45) is 3.99. The Hall–Kier alpha value is -9.00. The van der Waals surface area contributed by atoms with Crippen LogP contribution >= 0.6 is 0 Å². The fourth-order valence-corrected chi connectivity index (χ4v) is 11.7. The number of imidazole rings is 1. The van der Waals surface area contributed by atoms with Gasteiger partial charge in [-0.25, -0.2) is 4.98 Å². The molecular weight excluding hydrogens is 843 g/mol. The van der Waals surface area contributed by atoms with Gasteiger partial charge < -0.3 is 9.30 Å². The summed E-state index contributed by atoms with van der Waals surface area (Å²) in [4.78, 5) is 5.60. The third-order valence-electron chi connectivity index (χ3n) is 14.8. The average Bonchev–Trinajstić information content (AvgIpc) is 4.06. The van der Waals surface area contributed by atoms with E-state index in [0.717, 1.165) is 112 Å². The summed E-state index contributed by atoms with van der Waals surface area (Å²) < 4.78 is 16.7. The minimum atomic E-state index is -0.329. The molecule has 6 nitrogen and oxygen atoms in total. The van der Waals surface area contributed by atoms with E-state index in [1.54, 1.807) is 0 Å². The Bertz CT molecular complexity index is 4270. The van der Waals surface area contributed by atoms with Gasteiger partial charge in [0.05, 0.1) is 55.9 Å². The molecule has 0 radical (unpaired) electrons. The summed E-state index contributed by atoms with van der Waals surface area (Å²) in [6.45, 7) is 4.68. The lowest BCUT2D eigenvalue weighted by Crippen LogP contribution is -2.31. The van der Waals surface area contributed by atoms with Crippen LogP contribution in [0.2, 0.25) is 0 Å². The van der Waals surface area contributed by atoms with Crippen LogP contribution in [0.5, 0.6) is 11.5 Å².